The Morgan fingerprint density at radius 1 is 1.39 bits per heavy atom. The van der Waals surface area contributed by atoms with Crippen LogP contribution in [0.4, 0.5) is 14.5 Å². The highest BCUT2D eigenvalue weighted by atomic mass is 19.1. The summed E-state index contributed by atoms with van der Waals surface area (Å²) in [6.45, 7) is 3.80. The predicted octanol–water partition coefficient (Wildman–Crippen LogP) is 2.63. The fourth-order valence-corrected chi connectivity index (χ4v) is 2.70. The third kappa shape index (κ3) is 3.03. The van der Waals surface area contributed by atoms with Crippen LogP contribution >= 0.6 is 0 Å². The fraction of sp³-hybridized carbons (Fsp3) is 0.375. The van der Waals surface area contributed by atoms with Crippen LogP contribution in [-0.4, -0.2) is 29.5 Å². The first kappa shape index (κ1) is 15.4. The Hall–Kier alpha value is -2.46. The second-order valence-electron chi connectivity index (χ2n) is 5.34. The molecule has 120 valence electrons. The van der Waals surface area contributed by atoms with Crippen LogP contribution in [0.5, 0.6) is 0 Å². The molecule has 1 aliphatic rings. The summed E-state index contributed by atoms with van der Waals surface area (Å²) in [5, 5.41) is 13.0. The van der Waals surface area contributed by atoms with Crippen molar-refractivity contribution < 1.29 is 13.5 Å². The molecule has 0 aliphatic carbocycles. The smallest absolute Gasteiger partial charge is 0.150 e. The molecule has 0 bridgehead atoms. The molecule has 2 aromatic rings. The summed E-state index contributed by atoms with van der Waals surface area (Å²) in [7, 11) is 0. The summed E-state index contributed by atoms with van der Waals surface area (Å²) in [5.74, 6) is -1.46. The van der Waals surface area contributed by atoms with Crippen LogP contribution in [0.1, 0.15) is 24.2 Å². The van der Waals surface area contributed by atoms with E-state index in [-0.39, 0.29) is 17.4 Å². The van der Waals surface area contributed by atoms with Crippen molar-refractivity contribution in [1.82, 2.24) is 9.78 Å². The number of ether oxygens (including phenoxy) is 1. The molecule has 0 saturated carbocycles. The average molecular weight is 318 g/mol. The maximum Gasteiger partial charge on any atom is 0.150 e. The quantitative estimate of drug-likeness (QED) is 0.873. The van der Waals surface area contributed by atoms with E-state index in [9.17, 15) is 8.78 Å². The van der Waals surface area contributed by atoms with Crippen molar-refractivity contribution in [2.24, 2.45) is 0 Å². The number of morpholine rings is 1. The Bertz CT molecular complexity index is 730. The van der Waals surface area contributed by atoms with Gasteiger partial charge in [0.2, 0.25) is 0 Å². The molecular weight excluding hydrogens is 302 g/mol. The summed E-state index contributed by atoms with van der Waals surface area (Å²) in [4.78, 5) is 1.61. The topological polar surface area (TPSA) is 54.1 Å². The second-order valence-corrected chi connectivity index (χ2v) is 5.34. The van der Waals surface area contributed by atoms with Gasteiger partial charge in [-0.15, -0.1) is 0 Å². The Morgan fingerprint density at radius 3 is 2.74 bits per heavy atom. The Morgan fingerprint density at radius 2 is 2.13 bits per heavy atom. The molecule has 1 aliphatic heterocycles. The molecular formula is C16H16F2N4O. The van der Waals surface area contributed by atoms with Crippen LogP contribution in [-0.2, 0) is 11.3 Å². The number of rotatable bonds is 3. The number of nitrogens with zero attached hydrogens (tertiary/aromatic N) is 4. The van der Waals surface area contributed by atoms with Crippen molar-refractivity contribution in [1.29, 1.82) is 5.26 Å². The lowest BCUT2D eigenvalue weighted by Gasteiger charge is -2.34. The minimum absolute atomic E-state index is 0.0298. The minimum Gasteiger partial charge on any atom is -0.370 e. The van der Waals surface area contributed by atoms with Crippen LogP contribution in [0, 0.1) is 23.0 Å². The highest BCUT2D eigenvalue weighted by Crippen LogP contribution is 2.30. The maximum atomic E-state index is 14.2. The first-order valence-corrected chi connectivity index (χ1v) is 7.40. The van der Waals surface area contributed by atoms with Crippen LogP contribution in [0.25, 0.3) is 0 Å². The van der Waals surface area contributed by atoms with E-state index in [4.69, 9.17) is 10.00 Å². The van der Waals surface area contributed by atoms with Gasteiger partial charge in [0.15, 0.2) is 11.6 Å². The average Bonchev–Trinajstić information content (AvgIpc) is 3.03. The van der Waals surface area contributed by atoms with E-state index in [2.05, 4.69) is 5.10 Å². The van der Waals surface area contributed by atoms with Gasteiger partial charge in [0.05, 0.1) is 24.4 Å². The van der Waals surface area contributed by atoms with E-state index in [1.54, 1.807) is 21.8 Å². The van der Waals surface area contributed by atoms with Crippen molar-refractivity contribution in [2.45, 2.75) is 19.6 Å². The minimum atomic E-state index is -0.730. The summed E-state index contributed by atoms with van der Waals surface area (Å²) >= 11 is 0. The van der Waals surface area contributed by atoms with Crippen molar-refractivity contribution in [2.75, 3.05) is 24.6 Å². The SMILES string of the molecule is CCn1cc([C@H]2CN(c3c(F)cc(C#N)cc3F)CCO2)cn1. The molecule has 0 spiro atoms. The number of nitriles is 1. The zero-order chi connectivity index (χ0) is 16.4. The lowest BCUT2D eigenvalue weighted by atomic mass is 10.1. The molecule has 0 unspecified atom stereocenters. The molecule has 1 saturated heterocycles. The first-order chi connectivity index (χ1) is 11.1. The van der Waals surface area contributed by atoms with E-state index in [0.717, 1.165) is 24.2 Å². The van der Waals surface area contributed by atoms with Gasteiger partial charge in [-0.3, -0.25) is 4.68 Å². The number of aryl methyl sites for hydroxylation is 1. The molecule has 5 nitrogen and oxygen atoms in total. The molecule has 23 heavy (non-hydrogen) atoms. The van der Waals surface area contributed by atoms with Gasteiger partial charge in [0.25, 0.3) is 0 Å². The molecule has 7 heteroatoms. The highest BCUT2D eigenvalue weighted by molar-refractivity contribution is 5.53. The zero-order valence-electron chi connectivity index (χ0n) is 12.7. The molecule has 1 fully saturated rings. The van der Waals surface area contributed by atoms with E-state index in [1.807, 2.05) is 13.1 Å². The molecule has 1 atom stereocenters. The summed E-state index contributed by atoms with van der Waals surface area (Å²) < 4.78 is 35.8. The van der Waals surface area contributed by atoms with Gasteiger partial charge in [-0.05, 0) is 19.1 Å². The van der Waals surface area contributed by atoms with Gasteiger partial charge >= 0.3 is 0 Å². The number of hydrogen-bond acceptors (Lipinski definition) is 4. The van der Waals surface area contributed by atoms with Gasteiger partial charge in [0.1, 0.15) is 11.8 Å². The van der Waals surface area contributed by atoms with Gasteiger partial charge in [-0.2, -0.15) is 10.4 Å². The Kier molecular flexibility index (Phi) is 4.26. The molecule has 0 radical (unpaired) electrons. The maximum absolute atomic E-state index is 14.2. The van der Waals surface area contributed by atoms with Crippen LogP contribution in [0.15, 0.2) is 24.5 Å². The summed E-state index contributed by atoms with van der Waals surface area (Å²) in [6.07, 6.45) is 3.29. The Labute approximate surface area is 132 Å². The van der Waals surface area contributed by atoms with Gasteiger partial charge in [-0.25, -0.2) is 8.78 Å². The van der Waals surface area contributed by atoms with Gasteiger partial charge < -0.3 is 9.64 Å². The van der Waals surface area contributed by atoms with Gasteiger partial charge in [0, 0.05) is 31.4 Å². The van der Waals surface area contributed by atoms with Crippen molar-refractivity contribution in [3.8, 4) is 6.07 Å². The molecule has 3 rings (SSSR count). The standard InChI is InChI=1S/C16H16F2N4O/c1-2-22-9-12(8-20-22)15-10-21(3-4-23-15)16-13(17)5-11(7-19)6-14(16)18/h5-6,8-9,15H,2-4,10H2,1H3/t15-/m1/s1. The molecule has 1 aromatic heterocycles. The highest BCUT2D eigenvalue weighted by Gasteiger charge is 2.27. The van der Waals surface area contributed by atoms with Crippen molar-refractivity contribution in [3.63, 3.8) is 0 Å². The third-order valence-corrected chi connectivity index (χ3v) is 3.88. The Balaban J connectivity index is 1.85. The first-order valence-electron chi connectivity index (χ1n) is 7.40. The lowest BCUT2D eigenvalue weighted by Crippen LogP contribution is -2.39. The van der Waals surface area contributed by atoms with E-state index < -0.39 is 11.6 Å². The number of halogens is 2. The van der Waals surface area contributed by atoms with E-state index >= 15 is 0 Å². The zero-order valence-corrected chi connectivity index (χ0v) is 12.7. The third-order valence-electron chi connectivity index (χ3n) is 3.88. The number of aromatic nitrogens is 2. The number of hydrogen-bond donors (Lipinski definition) is 0. The van der Waals surface area contributed by atoms with Crippen molar-refractivity contribution >= 4 is 5.69 Å². The summed E-state index contributed by atoms with van der Waals surface area (Å²) in [6, 6.07) is 3.86. The van der Waals surface area contributed by atoms with Crippen LogP contribution in [0.2, 0.25) is 0 Å². The van der Waals surface area contributed by atoms with E-state index in [0.29, 0.717) is 19.7 Å². The van der Waals surface area contributed by atoms with Crippen LogP contribution < -0.4 is 4.90 Å². The lowest BCUT2D eigenvalue weighted by molar-refractivity contribution is 0.0393. The van der Waals surface area contributed by atoms with Crippen molar-refractivity contribution in [3.05, 3.63) is 47.3 Å². The molecule has 0 N–H and O–H groups in total. The molecule has 1 aromatic carbocycles. The van der Waals surface area contributed by atoms with E-state index in [1.165, 1.54) is 0 Å². The predicted molar refractivity (Wildman–Crippen MR) is 79.9 cm³/mol. The van der Waals surface area contributed by atoms with Crippen LogP contribution in [0.3, 0.4) is 0 Å². The summed E-state index contributed by atoms with van der Waals surface area (Å²) in [5.41, 5.74) is 0.740. The second kappa shape index (κ2) is 6.34. The monoisotopic (exact) mass is 318 g/mol. The fourth-order valence-electron chi connectivity index (χ4n) is 2.70. The number of anilines is 1. The van der Waals surface area contributed by atoms with Gasteiger partial charge in [-0.1, -0.05) is 0 Å². The molecule has 0 amide bonds. The largest absolute Gasteiger partial charge is 0.370 e. The normalized spacial score (nSPS) is 18.0. The molecule has 2 heterocycles. The number of benzene rings is 1.